The minimum atomic E-state index is 0.505. The fourth-order valence-electron chi connectivity index (χ4n) is 0.935. The van der Waals surface area contributed by atoms with Crippen LogP contribution in [0.15, 0.2) is 46.8 Å². The third-order valence-electron chi connectivity index (χ3n) is 1.50. The van der Waals surface area contributed by atoms with E-state index in [1.165, 1.54) is 11.8 Å². The Kier molecular flexibility index (Phi) is 2.60. The maximum atomic E-state index is 5.55. The maximum Gasteiger partial charge on any atom is 0.192 e. The molecular formula is C9H8N4S. The van der Waals surface area contributed by atoms with Crippen molar-refractivity contribution in [3.05, 3.63) is 36.8 Å². The zero-order valence-corrected chi connectivity index (χ0v) is 8.11. The van der Waals surface area contributed by atoms with Gasteiger partial charge in [0.25, 0.3) is 0 Å². The molecule has 5 heteroatoms. The van der Waals surface area contributed by atoms with Gasteiger partial charge in [0.1, 0.15) is 5.82 Å². The first-order valence-electron chi connectivity index (χ1n) is 4.01. The van der Waals surface area contributed by atoms with Gasteiger partial charge in [-0.15, -0.1) is 0 Å². The third kappa shape index (κ3) is 2.20. The molecule has 2 N–H and O–H groups in total. The lowest BCUT2D eigenvalue weighted by Gasteiger charge is -1.99. The number of hydrogen-bond donors (Lipinski definition) is 1. The minimum absolute atomic E-state index is 0.505. The van der Waals surface area contributed by atoms with Crippen LogP contribution >= 0.6 is 11.8 Å². The van der Waals surface area contributed by atoms with E-state index in [0.717, 1.165) is 4.90 Å². The molecule has 0 unspecified atom stereocenters. The fourth-order valence-corrected chi connectivity index (χ4v) is 1.68. The summed E-state index contributed by atoms with van der Waals surface area (Å²) in [5.74, 6) is 0.505. The van der Waals surface area contributed by atoms with Gasteiger partial charge in [-0.25, -0.2) is 15.0 Å². The number of pyridine rings is 1. The molecule has 0 bridgehead atoms. The third-order valence-corrected chi connectivity index (χ3v) is 2.39. The van der Waals surface area contributed by atoms with Crippen LogP contribution in [0.5, 0.6) is 0 Å². The van der Waals surface area contributed by atoms with Gasteiger partial charge in [-0.2, -0.15) is 0 Å². The van der Waals surface area contributed by atoms with Crippen molar-refractivity contribution in [1.29, 1.82) is 0 Å². The zero-order chi connectivity index (χ0) is 9.80. The summed E-state index contributed by atoms with van der Waals surface area (Å²) in [5.41, 5.74) is 5.55. The van der Waals surface area contributed by atoms with Crippen molar-refractivity contribution in [3.63, 3.8) is 0 Å². The van der Waals surface area contributed by atoms with E-state index in [9.17, 15) is 0 Å². The van der Waals surface area contributed by atoms with Crippen molar-refractivity contribution >= 4 is 17.6 Å². The fraction of sp³-hybridized carbons (Fsp3) is 0. The van der Waals surface area contributed by atoms with Crippen molar-refractivity contribution in [1.82, 2.24) is 15.0 Å². The van der Waals surface area contributed by atoms with Crippen molar-refractivity contribution in [2.24, 2.45) is 0 Å². The van der Waals surface area contributed by atoms with Gasteiger partial charge >= 0.3 is 0 Å². The van der Waals surface area contributed by atoms with Crippen LogP contribution in [0.4, 0.5) is 5.82 Å². The standard InChI is InChI=1S/C9H8N4S/c10-8-6-7(2-5-11-8)14-9-12-3-1-4-13-9/h1-6H,(H2,10,11). The largest absolute Gasteiger partial charge is 0.384 e. The number of aromatic nitrogens is 3. The van der Waals surface area contributed by atoms with E-state index >= 15 is 0 Å². The van der Waals surface area contributed by atoms with Crippen molar-refractivity contribution in [3.8, 4) is 0 Å². The van der Waals surface area contributed by atoms with Gasteiger partial charge < -0.3 is 5.73 Å². The number of nitrogens with two attached hydrogens (primary N) is 1. The van der Waals surface area contributed by atoms with Gasteiger partial charge in [-0.05, 0) is 30.0 Å². The molecule has 2 aromatic heterocycles. The molecule has 2 aromatic rings. The van der Waals surface area contributed by atoms with E-state index in [0.29, 0.717) is 11.0 Å². The summed E-state index contributed by atoms with van der Waals surface area (Å²) in [4.78, 5) is 13.1. The van der Waals surface area contributed by atoms with E-state index in [-0.39, 0.29) is 0 Å². The average Bonchev–Trinajstić information content (AvgIpc) is 2.19. The molecule has 0 amide bonds. The number of anilines is 1. The molecule has 0 saturated carbocycles. The minimum Gasteiger partial charge on any atom is -0.384 e. The molecule has 0 atom stereocenters. The topological polar surface area (TPSA) is 64.7 Å². The van der Waals surface area contributed by atoms with E-state index in [2.05, 4.69) is 15.0 Å². The highest BCUT2D eigenvalue weighted by atomic mass is 32.2. The van der Waals surface area contributed by atoms with Gasteiger partial charge in [0.2, 0.25) is 0 Å². The molecule has 14 heavy (non-hydrogen) atoms. The molecule has 4 nitrogen and oxygen atoms in total. The molecule has 0 fully saturated rings. The highest BCUT2D eigenvalue weighted by molar-refractivity contribution is 7.99. The molecule has 0 spiro atoms. The Balaban J connectivity index is 2.19. The van der Waals surface area contributed by atoms with Crippen LogP contribution < -0.4 is 5.73 Å². The summed E-state index contributed by atoms with van der Waals surface area (Å²) in [6.45, 7) is 0. The van der Waals surface area contributed by atoms with E-state index in [4.69, 9.17) is 5.73 Å². The summed E-state index contributed by atoms with van der Waals surface area (Å²) in [6, 6.07) is 5.45. The van der Waals surface area contributed by atoms with E-state index < -0.39 is 0 Å². The summed E-state index contributed by atoms with van der Waals surface area (Å²) in [5, 5.41) is 0.707. The lowest BCUT2D eigenvalue weighted by atomic mass is 10.5. The average molecular weight is 204 g/mol. The van der Waals surface area contributed by atoms with Crippen LogP contribution in [0.3, 0.4) is 0 Å². The van der Waals surface area contributed by atoms with Crippen molar-refractivity contribution < 1.29 is 0 Å². The van der Waals surface area contributed by atoms with Gasteiger partial charge in [0.05, 0.1) is 0 Å². The van der Waals surface area contributed by atoms with E-state index in [1.807, 2.05) is 6.07 Å². The van der Waals surface area contributed by atoms with Crippen LogP contribution in [0.2, 0.25) is 0 Å². The molecule has 0 aliphatic rings. The predicted molar refractivity (Wildman–Crippen MR) is 54.8 cm³/mol. The number of nitrogen functional groups attached to an aromatic ring is 1. The Morgan fingerprint density at radius 1 is 1.07 bits per heavy atom. The van der Waals surface area contributed by atoms with Crippen LogP contribution in [-0.2, 0) is 0 Å². The molecule has 70 valence electrons. The van der Waals surface area contributed by atoms with Crippen LogP contribution in [0, 0.1) is 0 Å². The first-order chi connectivity index (χ1) is 6.84. The summed E-state index contributed by atoms with van der Waals surface area (Å²) in [7, 11) is 0. The Morgan fingerprint density at radius 2 is 1.86 bits per heavy atom. The smallest absolute Gasteiger partial charge is 0.192 e. The first kappa shape index (κ1) is 8.96. The Bertz CT molecular complexity index is 418. The van der Waals surface area contributed by atoms with Crippen molar-refractivity contribution in [2.75, 3.05) is 5.73 Å². The molecule has 0 saturated heterocycles. The second-order valence-corrected chi connectivity index (χ2v) is 3.59. The highest BCUT2D eigenvalue weighted by Crippen LogP contribution is 2.24. The number of nitrogens with zero attached hydrogens (tertiary/aromatic N) is 3. The SMILES string of the molecule is Nc1cc(Sc2ncccn2)ccn1. The second kappa shape index (κ2) is 4.06. The highest BCUT2D eigenvalue weighted by Gasteiger charge is 1.99. The monoisotopic (exact) mass is 204 g/mol. The van der Waals surface area contributed by atoms with Gasteiger partial charge in [-0.3, -0.25) is 0 Å². The van der Waals surface area contributed by atoms with Crippen LogP contribution in [0.1, 0.15) is 0 Å². The van der Waals surface area contributed by atoms with E-state index in [1.54, 1.807) is 30.7 Å². The van der Waals surface area contributed by atoms with Crippen LogP contribution in [-0.4, -0.2) is 15.0 Å². The Labute approximate surface area is 85.6 Å². The molecule has 0 aliphatic heterocycles. The molecule has 0 radical (unpaired) electrons. The lowest BCUT2D eigenvalue weighted by molar-refractivity contribution is 0.966. The maximum absolute atomic E-state index is 5.55. The first-order valence-corrected chi connectivity index (χ1v) is 4.82. The van der Waals surface area contributed by atoms with Gasteiger partial charge in [0, 0.05) is 23.5 Å². The Morgan fingerprint density at radius 3 is 2.57 bits per heavy atom. The predicted octanol–water partition coefficient (Wildman–Crippen LogP) is 1.60. The molecular weight excluding hydrogens is 196 g/mol. The molecule has 2 heterocycles. The molecule has 2 rings (SSSR count). The van der Waals surface area contributed by atoms with Crippen molar-refractivity contribution in [2.45, 2.75) is 10.1 Å². The van der Waals surface area contributed by atoms with Gasteiger partial charge in [-0.1, -0.05) is 0 Å². The molecule has 0 aromatic carbocycles. The normalized spacial score (nSPS) is 10.0. The van der Waals surface area contributed by atoms with Crippen LogP contribution in [0.25, 0.3) is 0 Å². The summed E-state index contributed by atoms with van der Waals surface area (Å²) >= 11 is 1.46. The number of rotatable bonds is 2. The zero-order valence-electron chi connectivity index (χ0n) is 7.29. The van der Waals surface area contributed by atoms with Gasteiger partial charge in [0.15, 0.2) is 5.16 Å². The quantitative estimate of drug-likeness (QED) is 0.753. The second-order valence-electron chi connectivity index (χ2n) is 2.55. The summed E-state index contributed by atoms with van der Waals surface area (Å²) in [6.07, 6.45) is 5.08. The lowest BCUT2D eigenvalue weighted by Crippen LogP contribution is -1.89. The number of hydrogen-bond acceptors (Lipinski definition) is 5. The summed E-state index contributed by atoms with van der Waals surface area (Å²) < 4.78 is 0. The Hall–Kier alpha value is -1.62. The molecule has 0 aliphatic carbocycles.